The Kier molecular flexibility index (Phi) is 5.96. The monoisotopic (exact) mass is 430 g/mol. The van der Waals surface area contributed by atoms with Gasteiger partial charge in [0, 0.05) is 18.4 Å². The van der Waals surface area contributed by atoms with E-state index in [1.165, 1.54) is 12.1 Å². The summed E-state index contributed by atoms with van der Waals surface area (Å²) in [6.07, 6.45) is -0.0902. The Morgan fingerprint density at radius 2 is 1.93 bits per heavy atom. The highest BCUT2D eigenvalue weighted by Crippen LogP contribution is 2.21. The number of halogens is 1. The quantitative estimate of drug-likeness (QED) is 0.636. The zero-order chi connectivity index (χ0) is 21.0. The molecule has 29 heavy (non-hydrogen) atoms. The van der Waals surface area contributed by atoms with Gasteiger partial charge in [0.15, 0.2) is 0 Å². The number of benzene rings is 2. The first-order chi connectivity index (χ1) is 13.8. The molecule has 0 aliphatic carbocycles. The van der Waals surface area contributed by atoms with Crippen LogP contribution in [0.15, 0.2) is 51.8 Å². The molecular weight excluding hydrogens is 416 g/mol. The minimum absolute atomic E-state index is 0.0164. The zero-order valence-corrected chi connectivity index (χ0v) is 16.8. The molecule has 0 spiro atoms. The summed E-state index contributed by atoms with van der Waals surface area (Å²) in [5, 5.41) is 16.6. The van der Waals surface area contributed by atoms with Gasteiger partial charge in [-0.05, 0) is 37.3 Å². The average Bonchev–Trinajstić information content (AvgIpc) is 3.15. The summed E-state index contributed by atoms with van der Waals surface area (Å²) >= 11 is 5.85. The van der Waals surface area contributed by atoms with Gasteiger partial charge in [-0.2, -0.15) is 5.26 Å². The maximum atomic E-state index is 12.3. The Balaban J connectivity index is 1.62. The summed E-state index contributed by atoms with van der Waals surface area (Å²) in [4.78, 5) is 11.8. The lowest BCUT2D eigenvalue weighted by Gasteiger charge is -2.07. The first kappa shape index (κ1) is 20.5. The van der Waals surface area contributed by atoms with E-state index in [1.807, 2.05) is 42.0 Å². The molecule has 0 radical (unpaired) electrons. The number of hydrogen-bond donors (Lipinski definition) is 1. The van der Waals surface area contributed by atoms with Crippen LogP contribution in [0.1, 0.15) is 23.4 Å². The van der Waals surface area contributed by atoms with E-state index in [1.54, 1.807) is 0 Å². The summed E-state index contributed by atoms with van der Waals surface area (Å²) in [5.74, 6) is -0.199. The van der Waals surface area contributed by atoms with Gasteiger partial charge in [0.25, 0.3) is 10.0 Å². The fraction of sp³-hybridized carbons (Fsp3) is 0.158. The Hall–Kier alpha value is -3.22. The number of carbonyl (C=O) groups excluding carboxylic acids is 1. The Bertz CT molecular complexity index is 1200. The normalized spacial score (nSPS) is 11.1. The maximum absolute atomic E-state index is 12.3. The van der Waals surface area contributed by atoms with E-state index in [0.29, 0.717) is 5.89 Å². The third kappa shape index (κ3) is 4.99. The molecule has 0 bridgehead atoms. The van der Waals surface area contributed by atoms with Gasteiger partial charge >= 0.3 is 0 Å². The smallest absolute Gasteiger partial charge is 0.264 e. The van der Waals surface area contributed by atoms with Crippen LogP contribution in [0.3, 0.4) is 0 Å². The van der Waals surface area contributed by atoms with Crippen LogP contribution < -0.4 is 4.72 Å². The first-order valence-corrected chi connectivity index (χ1v) is 10.3. The number of nitrogens with one attached hydrogen (secondary N) is 1. The van der Waals surface area contributed by atoms with Crippen LogP contribution in [0.2, 0.25) is 5.02 Å². The minimum atomic E-state index is -4.11. The second kappa shape index (κ2) is 8.43. The molecule has 3 rings (SSSR count). The van der Waals surface area contributed by atoms with E-state index in [9.17, 15) is 13.2 Å². The molecule has 0 saturated heterocycles. The van der Waals surface area contributed by atoms with Gasteiger partial charge in [-0.3, -0.25) is 4.79 Å². The number of sulfonamides is 1. The van der Waals surface area contributed by atoms with Gasteiger partial charge in [-0.1, -0.05) is 29.3 Å². The summed E-state index contributed by atoms with van der Waals surface area (Å²) in [6, 6.07) is 12.9. The van der Waals surface area contributed by atoms with Gasteiger partial charge in [-0.15, -0.1) is 10.2 Å². The number of nitrogens with zero attached hydrogens (tertiary/aromatic N) is 3. The molecule has 1 N–H and O–H groups in total. The number of aryl methyl sites for hydroxylation is 2. The number of rotatable bonds is 6. The maximum Gasteiger partial charge on any atom is 0.264 e. The fourth-order valence-corrected chi connectivity index (χ4v) is 3.73. The van der Waals surface area contributed by atoms with Crippen molar-refractivity contribution in [2.75, 3.05) is 0 Å². The molecule has 1 heterocycles. The number of aromatic nitrogens is 2. The van der Waals surface area contributed by atoms with E-state index in [0.717, 1.165) is 17.2 Å². The Morgan fingerprint density at radius 3 is 2.59 bits per heavy atom. The third-order valence-electron chi connectivity index (χ3n) is 3.95. The Morgan fingerprint density at radius 1 is 1.21 bits per heavy atom. The molecule has 8 nitrogen and oxygen atoms in total. The zero-order valence-electron chi connectivity index (χ0n) is 15.2. The van der Waals surface area contributed by atoms with E-state index in [-0.39, 0.29) is 34.2 Å². The molecule has 148 valence electrons. The van der Waals surface area contributed by atoms with Crippen molar-refractivity contribution < 1.29 is 17.6 Å². The first-order valence-electron chi connectivity index (χ1n) is 8.43. The van der Waals surface area contributed by atoms with Crippen LogP contribution in [0.4, 0.5) is 0 Å². The Labute approximate surface area is 172 Å². The van der Waals surface area contributed by atoms with Crippen LogP contribution in [0, 0.1) is 18.3 Å². The summed E-state index contributed by atoms with van der Waals surface area (Å²) in [5.41, 5.74) is 1.98. The van der Waals surface area contributed by atoms with Crippen LogP contribution >= 0.6 is 11.6 Å². The molecule has 0 saturated carbocycles. The highest BCUT2D eigenvalue weighted by molar-refractivity contribution is 7.90. The summed E-state index contributed by atoms with van der Waals surface area (Å²) in [6.45, 7) is 1.96. The molecular formula is C19H15ClN4O4S. The van der Waals surface area contributed by atoms with Gasteiger partial charge in [0.1, 0.15) is 6.07 Å². The molecule has 0 unspecified atom stereocenters. The number of amides is 1. The highest BCUT2D eigenvalue weighted by Gasteiger charge is 2.19. The van der Waals surface area contributed by atoms with Crippen LogP contribution in [0.5, 0.6) is 0 Å². The number of nitriles is 1. The molecule has 0 aliphatic rings. The lowest BCUT2D eigenvalue weighted by molar-refractivity contribution is -0.119. The van der Waals surface area contributed by atoms with Crippen LogP contribution in [-0.4, -0.2) is 24.5 Å². The molecule has 0 atom stereocenters. The van der Waals surface area contributed by atoms with Crippen LogP contribution in [-0.2, 0) is 21.2 Å². The lowest BCUT2D eigenvalue weighted by atomic mass is 10.1. The fourth-order valence-electron chi connectivity index (χ4n) is 2.40. The van der Waals surface area contributed by atoms with E-state index in [2.05, 4.69) is 10.2 Å². The minimum Gasteiger partial charge on any atom is -0.421 e. The highest BCUT2D eigenvalue weighted by atomic mass is 35.5. The van der Waals surface area contributed by atoms with E-state index < -0.39 is 15.9 Å². The summed E-state index contributed by atoms with van der Waals surface area (Å²) in [7, 11) is -4.11. The second-order valence-electron chi connectivity index (χ2n) is 6.15. The molecule has 2 aromatic carbocycles. The number of carbonyl (C=O) groups is 1. The standard InChI is InChI=1S/C19H15ClN4O4S/c1-12-2-4-13(5-3-12)19-23-22-18(28-19)9-8-17(25)24-29(26,27)15-7-6-14(11-21)16(20)10-15/h2-7,10H,8-9H2,1H3,(H,24,25). The van der Waals surface area contributed by atoms with Gasteiger partial charge in [0.2, 0.25) is 17.7 Å². The van der Waals surface area contributed by atoms with Crippen molar-refractivity contribution in [2.24, 2.45) is 0 Å². The van der Waals surface area contributed by atoms with Gasteiger partial charge in [-0.25, -0.2) is 13.1 Å². The second-order valence-corrected chi connectivity index (χ2v) is 8.24. The van der Waals surface area contributed by atoms with Crippen molar-refractivity contribution in [3.05, 3.63) is 64.5 Å². The molecule has 1 aromatic heterocycles. The third-order valence-corrected chi connectivity index (χ3v) is 5.63. The van der Waals surface area contributed by atoms with Crippen molar-refractivity contribution in [3.8, 4) is 17.5 Å². The van der Waals surface area contributed by atoms with Crippen molar-refractivity contribution >= 4 is 27.5 Å². The van der Waals surface area contributed by atoms with Gasteiger partial charge in [0.05, 0.1) is 15.5 Å². The summed E-state index contributed by atoms with van der Waals surface area (Å²) < 4.78 is 32.1. The topological polar surface area (TPSA) is 126 Å². The average molecular weight is 431 g/mol. The van der Waals surface area contributed by atoms with Crippen molar-refractivity contribution in [2.45, 2.75) is 24.7 Å². The van der Waals surface area contributed by atoms with E-state index >= 15 is 0 Å². The number of hydrogen-bond acceptors (Lipinski definition) is 7. The molecule has 0 fully saturated rings. The SMILES string of the molecule is Cc1ccc(-c2nnc(CCC(=O)NS(=O)(=O)c3ccc(C#N)c(Cl)c3)o2)cc1. The van der Waals surface area contributed by atoms with Crippen molar-refractivity contribution in [1.82, 2.24) is 14.9 Å². The van der Waals surface area contributed by atoms with E-state index in [4.69, 9.17) is 21.3 Å². The lowest BCUT2D eigenvalue weighted by Crippen LogP contribution is -2.30. The predicted molar refractivity (Wildman–Crippen MR) is 104 cm³/mol. The van der Waals surface area contributed by atoms with Gasteiger partial charge < -0.3 is 4.42 Å². The van der Waals surface area contributed by atoms with Crippen molar-refractivity contribution in [3.63, 3.8) is 0 Å². The molecule has 10 heteroatoms. The predicted octanol–water partition coefficient (Wildman–Crippen LogP) is 3.01. The van der Waals surface area contributed by atoms with Crippen molar-refractivity contribution in [1.29, 1.82) is 5.26 Å². The molecule has 3 aromatic rings. The molecule has 1 amide bonds. The largest absolute Gasteiger partial charge is 0.421 e. The molecule has 0 aliphatic heterocycles. The van der Waals surface area contributed by atoms with Crippen LogP contribution in [0.25, 0.3) is 11.5 Å².